The average Bonchev–Trinajstić information content (AvgIpc) is 3.11. The van der Waals surface area contributed by atoms with Crippen molar-refractivity contribution in [1.29, 1.82) is 0 Å². The lowest BCUT2D eigenvalue weighted by atomic mass is 9.48. The van der Waals surface area contributed by atoms with Crippen LogP contribution in [-0.2, 0) is 39.0 Å². The lowest BCUT2D eigenvalue weighted by molar-refractivity contribution is -0.198. The van der Waals surface area contributed by atoms with E-state index in [1.165, 1.54) is 25.3 Å². The summed E-state index contributed by atoms with van der Waals surface area (Å²) in [4.78, 5) is 53.7. The first-order chi connectivity index (χ1) is 26.3. The van der Waals surface area contributed by atoms with Gasteiger partial charge in [0.2, 0.25) is 9.84 Å². The molecule has 3 N–H and O–H groups in total. The van der Waals surface area contributed by atoms with E-state index < -0.39 is 82.4 Å². The molecule has 4 fully saturated rings. The van der Waals surface area contributed by atoms with Gasteiger partial charge in [0, 0.05) is 0 Å². The Kier molecular flexibility index (Phi) is 11.3. The second-order valence-electron chi connectivity index (χ2n) is 16.1. The van der Waals surface area contributed by atoms with Gasteiger partial charge in [-0.2, -0.15) is 0 Å². The normalized spacial score (nSPS) is 23.8. The number of allylic oxidation sites excluding steroid dienone is 1. The number of hydrogen-bond donors (Lipinski definition) is 3. The summed E-state index contributed by atoms with van der Waals surface area (Å²) in [5.41, 5.74) is -2.58. The summed E-state index contributed by atoms with van der Waals surface area (Å²) in [5, 5.41) is 32.9. The highest BCUT2D eigenvalue weighted by Crippen LogP contribution is 2.62. The topological polar surface area (TPSA) is 206 Å². The van der Waals surface area contributed by atoms with Crippen LogP contribution in [-0.4, -0.2) is 81.5 Å². The number of ether oxygens (including phenoxy) is 3. The van der Waals surface area contributed by atoms with Crippen LogP contribution in [0.3, 0.4) is 0 Å². The quantitative estimate of drug-likeness (QED) is 0.149. The molecule has 0 amide bonds. The number of aliphatic hydroxyl groups is 3. The maximum absolute atomic E-state index is 13.6. The molecule has 4 saturated carbocycles. The molecule has 4 aliphatic carbocycles. The predicted molar refractivity (Wildman–Crippen MR) is 204 cm³/mol. The Morgan fingerprint density at radius 2 is 1.29 bits per heavy atom. The number of benzene rings is 2. The Bertz CT molecular complexity index is 2280. The molecule has 15 nitrogen and oxygen atoms in total. The molecule has 2 aromatic carbocycles. The van der Waals surface area contributed by atoms with Gasteiger partial charge in [-0.3, -0.25) is 4.79 Å². The molecule has 3 aromatic rings. The Labute approximate surface area is 324 Å². The van der Waals surface area contributed by atoms with E-state index in [9.17, 15) is 42.9 Å². The van der Waals surface area contributed by atoms with Crippen LogP contribution < -0.4 is 26.5 Å². The van der Waals surface area contributed by atoms with Gasteiger partial charge >= 0.3 is 23.0 Å². The molecule has 56 heavy (non-hydrogen) atoms. The average molecular weight is 798 g/mol. The van der Waals surface area contributed by atoms with Gasteiger partial charge in [-0.15, -0.1) is 6.58 Å². The summed E-state index contributed by atoms with van der Waals surface area (Å²) in [6.07, 6.45) is 2.18. The number of nitrogens with zero attached hydrogens (tertiary/aromatic N) is 3. The van der Waals surface area contributed by atoms with Crippen molar-refractivity contribution >= 4 is 15.8 Å². The summed E-state index contributed by atoms with van der Waals surface area (Å²) < 4.78 is 46.1. The van der Waals surface area contributed by atoms with Gasteiger partial charge in [-0.25, -0.2) is 36.5 Å². The molecule has 16 heteroatoms. The van der Waals surface area contributed by atoms with Crippen LogP contribution in [0.2, 0.25) is 0 Å². The molecule has 4 unspecified atom stereocenters. The highest BCUT2D eigenvalue weighted by molar-refractivity contribution is 7.91. The molecule has 4 bridgehead atoms. The lowest BCUT2D eigenvalue weighted by Crippen LogP contribution is -2.58. The molecule has 0 spiro atoms. The zero-order valence-electron chi connectivity index (χ0n) is 32.4. The molecule has 0 radical (unpaired) electrons. The van der Waals surface area contributed by atoms with Crippen molar-refractivity contribution < 1.29 is 42.7 Å². The first kappa shape index (κ1) is 41.1. The third-order valence-electron chi connectivity index (χ3n) is 11.5. The predicted octanol–water partition coefficient (Wildman–Crippen LogP) is 2.11. The second kappa shape index (κ2) is 15.4. The van der Waals surface area contributed by atoms with Gasteiger partial charge in [0.15, 0.2) is 0 Å². The minimum absolute atomic E-state index is 0.0456. The van der Waals surface area contributed by atoms with Crippen LogP contribution in [0.15, 0.2) is 61.1 Å². The number of aromatic nitrogens is 3. The number of carbonyl (C=O) groups is 1. The smallest absolute Gasteiger partial charge is 0.336 e. The van der Waals surface area contributed by atoms with Gasteiger partial charge in [0.05, 0.1) is 47.6 Å². The van der Waals surface area contributed by atoms with Crippen LogP contribution >= 0.6 is 0 Å². The van der Waals surface area contributed by atoms with Gasteiger partial charge < -0.3 is 29.5 Å². The van der Waals surface area contributed by atoms with Crippen molar-refractivity contribution in [3.8, 4) is 11.5 Å². The van der Waals surface area contributed by atoms with Crippen molar-refractivity contribution in [3.05, 3.63) is 90.6 Å². The molecule has 0 aliphatic heterocycles. The lowest BCUT2D eigenvalue weighted by Gasteiger charge is -2.58. The number of aliphatic hydroxyl groups excluding tert-OH is 2. The molecule has 1 heterocycles. The minimum atomic E-state index is -3.92. The van der Waals surface area contributed by atoms with E-state index in [4.69, 9.17) is 14.2 Å². The van der Waals surface area contributed by atoms with E-state index in [0.717, 1.165) is 11.0 Å². The zero-order chi connectivity index (χ0) is 40.9. The van der Waals surface area contributed by atoms with Crippen LogP contribution in [0.4, 0.5) is 0 Å². The monoisotopic (exact) mass is 797 g/mol. The summed E-state index contributed by atoms with van der Waals surface area (Å²) in [6, 6.07) is 6.02. The fourth-order valence-corrected chi connectivity index (χ4v) is 11.2. The number of methoxy groups -OCH3 is 1. The van der Waals surface area contributed by atoms with E-state index in [-0.39, 0.29) is 28.2 Å². The molecule has 4 atom stereocenters. The Hall–Kier alpha value is -4.51. The standard InChI is InChI=1S/C40H51N3O12S/c1-7-8-41-36(47)42(38(49)43(37(41)48)19-30(45)21-55-35(46)39-14-27-13-28(15-39)17-40(50,16-27)22-39)18-29(44)20-54-34-25(4)11-32(12-26(34)5)56(51,52)31-9-23(2)33(53-6)24(3)10-31/h7,9-12,27-30,44-45,50H,1,8,13-22H2,2-6H3. The van der Waals surface area contributed by atoms with E-state index in [2.05, 4.69) is 6.58 Å². The van der Waals surface area contributed by atoms with Crippen molar-refractivity contribution in [2.75, 3.05) is 20.3 Å². The Morgan fingerprint density at radius 1 is 0.821 bits per heavy atom. The van der Waals surface area contributed by atoms with Gasteiger partial charge in [-0.05, 0) is 125 Å². The molecule has 7 rings (SSSR count). The van der Waals surface area contributed by atoms with Crippen LogP contribution in [0.5, 0.6) is 11.5 Å². The van der Waals surface area contributed by atoms with Crippen molar-refractivity contribution in [2.24, 2.45) is 17.3 Å². The van der Waals surface area contributed by atoms with E-state index in [1.54, 1.807) is 39.8 Å². The Balaban J connectivity index is 1.15. The maximum Gasteiger partial charge on any atom is 0.336 e. The molecular weight excluding hydrogens is 747 g/mol. The number of hydrogen-bond acceptors (Lipinski definition) is 12. The van der Waals surface area contributed by atoms with Gasteiger partial charge in [0.25, 0.3) is 0 Å². The second-order valence-corrected chi connectivity index (χ2v) is 18.1. The SMILES string of the molecule is C=CCn1c(=O)n(CC(O)COC(=O)C23CC4CC(CC(O)(C4)C2)C3)c(=O)n(CC(O)COc2c(C)cc(S(=O)(=O)c3cc(C)c(OC)c(C)c3)cc2C)c1=O. The fourth-order valence-electron chi connectivity index (χ4n) is 9.58. The molecule has 1 aromatic heterocycles. The fraction of sp³-hybridized carbons (Fsp3) is 0.550. The van der Waals surface area contributed by atoms with Gasteiger partial charge in [-0.1, -0.05) is 6.08 Å². The molecular formula is C40H51N3O12S. The van der Waals surface area contributed by atoms with Crippen LogP contribution in [0, 0.1) is 44.9 Å². The van der Waals surface area contributed by atoms with E-state index >= 15 is 0 Å². The van der Waals surface area contributed by atoms with Crippen LogP contribution in [0.25, 0.3) is 0 Å². The van der Waals surface area contributed by atoms with Crippen molar-refractivity contribution in [3.63, 3.8) is 0 Å². The molecule has 304 valence electrons. The summed E-state index contributed by atoms with van der Waals surface area (Å²) >= 11 is 0. The number of rotatable bonds is 15. The van der Waals surface area contributed by atoms with E-state index in [0.29, 0.717) is 75.0 Å². The Morgan fingerprint density at radius 3 is 1.75 bits per heavy atom. The van der Waals surface area contributed by atoms with Crippen molar-refractivity contribution in [1.82, 2.24) is 13.7 Å². The first-order valence-corrected chi connectivity index (χ1v) is 20.2. The third-order valence-corrected chi connectivity index (χ3v) is 13.2. The summed E-state index contributed by atoms with van der Waals surface area (Å²) in [6.45, 7) is 8.01. The molecule has 4 aliphatic rings. The first-order valence-electron chi connectivity index (χ1n) is 18.8. The minimum Gasteiger partial charge on any atom is -0.496 e. The molecule has 0 saturated heterocycles. The summed E-state index contributed by atoms with van der Waals surface area (Å²) in [5.74, 6) is 0.854. The third kappa shape index (κ3) is 7.76. The summed E-state index contributed by atoms with van der Waals surface area (Å²) in [7, 11) is -2.40. The number of carbonyl (C=O) groups excluding carboxylic acids is 1. The van der Waals surface area contributed by atoms with Gasteiger partial charge in [0.1, 0.15) is 36.9 Å². The largest absolute Gasteiger partial charge is 0.496 e. The van der Waals surface area contributed by atoms with E-state index in [1.807, 2.05) is 0 Å². The van der Waals surface area contributed by atoms with Crippen molar-refractivity contribution in [2.45, 2.75) is 113 Å². The zero-order valence-corrected chi connectivity index (χ0v) is 33.3. The highest BCUT2D eigenvalue weighted by Gasteiger charge is 2.61. The highest BCUT2D eigenvalue weighted by atomic mass is 32.2. The number of sulfone groups is 1. The maximum atomic E-state index is 13.6. The number of aryl methyl sites for hydroxylation is 4. The number of esters is 1. The van der Waals surface area contributed by atoms with Crippen LogP contribution in [0.1, 0.15) is 60.8 Å².